The van der Waals surface area contributed by atoms with Crippen molar-refractivity contribution in [3.05, 3.63) is 11.6 Å². The summed E-state index contributed by atoms with van der Waals surface area (Å²) >= 11 is 1.52. The fourth-order valence-electron chi connectivity index (χ4n) is 1.77. The zero-order valence-corrected chi connectivity index (χ0v) is 12.2. The van der Waals surface area contributed by atoms with Gasteiger partial charge < -0.3 is 14.8 Å². The Bertz CT molecular complexity index is 290. The van der Waals surface area contributed by atoms with Crippen molar-refractivity contribution < 1.29 is 14.3 Å². The average Bonchev–Trinajstić information content (AvgIpc) is 2.31. The van der Waals surface area contributed by atoms with Gasteiger partial charge in [-0.15, -0.1) is 0 Å². The van der Waals surface area contributed by atoms with E-state index in [1.54, 1.807) is 0 Å². The number of hydrogen-bond acceptors (Lipinski definition) is 4. The monoisotopic (exact) mass is 273 g/mol. The molecule has 0 aromatic rings. The largest absolute Gasteiger partial charge is 0.379 e. The highest BCUT2D eigenvalue weighted by Crippen LogP contribution is 2.12. The summed E-state index contributed by atoms with van der Waals surface area (Å²) in [6, 6.07) is -0.0241. The molecule has 0 unspecified atom stereocenters. The number of rotatable bonds is 6. The van der Waals surface area contributed by atoms with Crippen LogP contribution in [-0.4, -0.2) is 49.9 Å². The standard InChI is InChI=1S/C13H23NO3S/c1-10(2)4-7-17-12-5-6-16-8-11(12)14-13(15)9-18-3/h4,11-12H,5-9H2,1-3H3,(H,14,15)/t11-,12+/m1/s1. The number of amides is 1. The molecule has 0 radical (unpaired) electrons. The molecule has 104 valence electrons. The van der Waals surface area contributed by atoms with Crippen molar-refractivity contribution in [2.45, 2.75) is 32.4 Å². The van der Waals surface area contributed by atoms with Gasteiger partial charge in [0.25, 0.3) is 0 Å². The third-order valence-corrected chi connectivity index (χ3v) is 3.27. The summed E-state index contributed by atoms with van der Waals surface area (Å²) in [5, 5.41) is 2.98. The molecule has 0 bridgehead atoms. The maximum atomic E-state index is 11.6. The van der Waals surface area contributed by atoms with Crippen LogP contribution in [0.4, 0.5) is 0 Å². The third kappa shape index (κ3) is 5.89. The molecule has 1 aliphatic heterocycles. The minimum Gasteiger partial charge on any atom is -0.379 e. The SMILES string of the molecule is CSCC(=O)N[C@@H]1COCC[C@@H]1OCC=C(C)C. The van der Waals surface area contributed by atoms with Crippen LogP contribution in [-0.2, 0) is 14.3 Å². The van der Waals surface area contributed by atoms with Gasteiger partial charge >= 0.3 is 0 Å². The first kappa shape index (κ1) is 15.5. The number of carbonyl (C=O) groups excluding carboxylic acids is 1. The van der Waals surface area contributed by atoms with Gasteiger partial charge in [-0.1, -0.05) is 11.6 Å². The molecule has 0 aliphatic carbocycles. The first-order valence-corrected chi connectivity index (χ1v) is 7.64. The summed E-state index contributed by atoms with van der Waals surface area (Å²) in [4.78, 5) is 11.6. The minimum atomic E-state index is -0.0241. The number of carbonyl (C=O) groups is 1. The normalized spacial score (nSPS) is 23.5. The predicted molar refractivity (Wildman–Crippen MR) is 74.9 cm³/mol. The Hall–Kier alpha value is -0.520. The molecule has 1 heterocycles. The van der Waals surface area contributed by atoms with E-state index in [2.05, 4.69) is 11.4 Å². The number of thioether (sulfide) groups is 1. The van der Waals surface area contributed by atoms with Gasteiger partial charge in [0, 0.05) is 6.61 Å². The van der Waals surface area contributed by atoms with E-state index < -0.39 is 0 Å². The molecule has 1 amide bonds. The molecule has 1 saturated heterocycles. The summed E-state index contributed by atoms with van der Waals surface area (Å²) in [7, 11) is 0. The topological polar surface area (TPSA) is 47.6 Å². The van der Waals surface area contributed by atoms with E-state index in [4.69, 9.17) is 9.47 Å². The Kier molecular flexibility index (Phi) is 7.39. The molecular weight excluding hydrogens is 250 g/mol. The molecule has 1 rings (SSSR count). The van der Waals surface area contributed by atoms with Gasteiger partial charge in [0.2, 0.25) is 5.91 Å². The van der Waals surface area contributed by atoms with Crippen molar-refractivity contribution >= 4 is 17.7 Å². The summed E-state index contributed by atoms with van der Waals surface area (Å²) in [5.41, 5.74) is 1.24. The van der Waals surface area contributed by atoms with Gasteiger partial charge in [-0.25, -0.2) is 0 Å². The summed E-state index contributed by atoms with van der Waals surface area (Å²) in [6.45, 7) is 5.94. The smallest absolute Gasteiger partial charge is 0.230 e. The van der Waals surface area contributed by atoms with Crippen LogP contribution < -0.4 is 5.32 Å². The van der Waals surface area contributed by atoms with Crippen molar-refractivity contribution in [1.82, 2.24) is 5.32 Å². The summed E-state index contributed by atoms with van der Waals surface area (Å²) < 4.78 is 11.2. The van der Waals surface area contributed by atoms with E-state index in [0.29, 0.717) is 25.6 Å². The van der Waals surface area contributed by atoms with E-state index in [1.807, 2.05) is 20.1 Å². The lowest BCUT2D eigenvalue weighted by Crippen LogP contribution is -2.51. The molecule has 1 fully saturated rings. The van der Waals surface area contributed by atoms with Crippen LogP contribution in [0, 0.1) is 0 Å². The zero-order chi connectivity index (χ0) is 13.4. The third-order valence-electron chi connectivity index (χ3n) is 2.72. The molecule has 5 heteroatoms. The molecule has 18 heavy (non-hydrogen) atoms. The van der Waals surface area contributed by atoms with Gasteiger partial charge in [0.05, 0.1) is 31.1 Å². The second-order valence-electron chi connectivity index (χ2n) is 4.62. The lowest BCUT2D eigenvalue weighted by Gasteiger charge is -2.31. The summed E-state index contributed by atoms with van der Waals surface area (Å²) in [6.07, 6.45) is 4.86. The lowest BCUT2D eigenvalue weighted by atomic mass is 10.1. The molecule has 0 aromatic carbocycles. The second-order valence-corrected chi connectivity index (χ2v) is 5.49. The van der Waals surface area contributed by atoms with Crippen LogP contribution in [0.5, 0.6) is 0 Å². The summed E-state index contributed by atoms with van der Waals surface area (Å²) in [5.74, 6) is 0.533. The van der Waals surface area contributed by atoms with Crippen LogP contribution in [0.1, 0.15) is 20.3 Å². The zero-order valence-electron chi connectivity index (χ0n) is 11.4. The van der Waals surface area contributed by atoms with E-state index >= 15 is 0 Å². The van der Waals surface area contributed by atoms with Crippen LogP contribution in [0.25, 0.3) is 0 Å². The Morgan fingerprint density at radius 3 is 3.00 bits per heavy atom. The number of ether oxygens (including phenoxy) is 2. The van der Waals surface area contributed by atoms with Crippen LogP contribution in [0.15, 0.2) is 11.6 Å². The maximum Gasteiger partial charge on any atom is 0.230 e. The van der Waals surface area contributed by atoms with Gasteiger partial charge in [0.15, 0.2) is 0 Å². The van der Waals surface area contributed by atoms with Crippen molar-refractivity contribution in [2.75, 3.05) is 31.8 Å². The van der Waals surface area contributed by atoms with Crippen molar-refractivity contribution in [3.8, 4) is 0 Å². The van der Waals surface area contributed by atoms with Crippen LogP contribution in [0.3, 0.4) is 0 Å². The molecule has 0 spiro atoms. The van der Waals surface area contributed by atoms with Gasteiger partial charge in [-0.05, 0) is 26.5 Å². The molecule has 4 nitrogen and oxygen atoms in total. The molecule has 0 aromatic heterocycles. The second kappa shape index (κ2) is 8.56. The van der Waals surface area contributed by atoms with Crippen LogP contribution in [0.2, 0.25) is 0 Å². The average molecular weight is 273 g/mol. The van der Waals surface area contributed by atoms with E-state index in [-0.39, 0.29) is 18.1 Å². The predicted octanol–water partition coefficient (Wildman–Crippen LogP) is 1.61. The molecule has 1 N–H and O–H groups in total. The highest BCUT2D eigenvalue weighted by molar-refractivity contribution is 7.99. The Balaban J connectivity index is 2.41. The van der Waals surface area contributed by atoms with Crippen LogP contribution >= 0.6 is 11.8 Å². The number of hydrogen-bond donors (Lipinski definition) is 1. The minimum absolute atomic E-state index is 0.0241. The van der Waals surface area contributed by atoms with Gasteiger partial charge in [-0.3, -0.25) is 4.79 Å². The maximum absolute atomic E-state index is 11.6. The first-order valence-electron chi connectivity index (χ1n) is 6.24. The fourth-order valence-corrected chi connectivity index (χ4v) is 2.12. The van der Waals surface area contributed by atoms with Gasteiger partial charge in [-0.2, -0.15) is 11.8 Å². The van der Waals surface area contributed by atoms with Crippen molar-refractivity contribution in [3.63, 3.8) is 0 Å². The molecule has 2 atom stereocenters. The van der Waals surface area contributed by atoms with Crippen molar-refractivity contribution in [1.29, 1.82) is 0 Å². The Labute approximate surface area is 113 Å². The van der Waals surface area contributed by atoms with E-state index in [9.17, 15) is 4.79 Å². The molecule has 1 aliphatic rings. The van der Waals surface area contributed by atoms with Crippen molar-refractivity contribution in [2.24, 2.45) is 0 Å². The number of allylic oxidation sites excluding steroid dienone is 1. The first-order chi connectivity index (χ1) is 8.63. The lowest BCUT2D eigenvalue weighted by molar-refractivity contribution is -0.123. The van der Waals surface area contributed by atoms with E-state index in [1.165, 1.54) is 17.3 Å². The quantitative estimate of drug-likeness (QED) is 0.747. The Morgan fingerprint density at radius 1 is 1.56 bits per heavy atom. The highest BCUT2D eigenvalue weighted by atomic mass is 32.2. The molecule has 0 saturated carbocycles. The van der Waals surface area contributed by atoms with Gasteiger partial charge in [0.1, 0.15) is 0 Å². The Morgan fingerprint density at radius 2 is 2.33 bits per heavy atom. The highest BCUT2D eigenvalue weighted by Gasteiger charge is 2.27. The number of nitrogens with one attached hydrogen (secondary N) is 1. The molecular formula is C13H23NO3S. The van der Waals surface area contributed by atoms with E-state index in [0.717, 1.165) is 6.42 Å². The fraction of sp³-hybridized carbons (Fsp3) is 0.769.